The highest BCUT2D eigenvalue weighted by Crippen LogP contribution is 2.23. The number of hydrogen-bond acceptors (Lipinski definition) is 4. The SMILES string of the molecule is CCCCC[C@@H](CC(=O)O)C(=O)N1CCCC(C(=O)OCC)C1. The Hall–Kier alpha value is -1.59. The summed E-state index contributed by atoms with van der Waals surface area (Å²) >= 11 is 0. The Bertz CT molecular complexity index is 410. The Labute approximate surface area is 138 Å². The molecule has 1 rings (SSSR count). The fourth-order valence-electron chi connectivity index (χ4n) is 3.05. The number of likely N-dealkylation sites (tertiary alicyclic amines) is 1. The minimum absolute atomic E-state index is 0.127. The summed E-state index contributed by atoms with van der Waals surface area (Å²) in [7, 11) is 0. The number of ether oxygens (including phenoxy) is 1. The predicted molar refractivity (Wildman–Crippen MR) is 85.8 cm³/mol. The van der Waals surface area contributed by atoms with Gasteiger partial charge >= 0.3 is 11.9 Å². The number of carboxylic acids is 1. The second-order valence-corrected chi connectivity index (χ2v) is 6.17. The summed E-state index contributed by atoms with van der Waals surface area (Å²) in [5, 5.41) is 9.05. The van der Waals surface area contributed by atoms with Crippen molar-refractivity contribution >= 4 is 17.8 Å². The van der Waals surface area contributed by atoms with Crippen molar-refractivity contribution in [1.29, 1.82) is 0 Å². The molecule has 1 saturated heterocycles. The van der Waals surface area contributed by atoms with E-state index in [0.717, 1.165) is 32.1 Å². The molecule has 1 heterocycles. The highest BCUT2D eigenvalue weighted by atomic mass is 16.5. The lowest BCUT2D eigenvalue weighted by molar-refractivity contribution is -0.153. The van der Waals surface area contributed by atoms with Crippen LogP contribution < -0.4 is 0 Å². The first-order valence-electron chi connectivity index (χ1n) is 8.66. The molecule has 6 heteroatoms. The molecule has 0 spiro atoms. The molecule has 0 aromatic carbocycles. The quantitative estimate of drug-likeness (QED) is 0.519. The highest BCUT2D eigenvalue weighted by Gasteiger charge is 2.33. The van der Waals surface area contributed by atoms with Gasteiger partial charge in [-0.2, -0.15) is 0 Å². The lowest BCUT2D eigenvalue weighted by atomic mass is 9.93. The molecule has 2 atom stereocenters. The fourth-order valence-corrected chi connectivity index (χ4v) is 3.05. The molecule has 0 aliphatic carbocycles. The largest absolute Gasteiger partial charge is 0.481 e. The van der Waals surface area contributed by atoms with Crippen LogP contribution in [0.25, 0.3) is 0 Å². The lowest BCUT2D eigenvalue weighted by Gasteiger charge is -2.33. The van der Waals surface area contributed by atoms with Crippen LogP contribution in [-0.2, 0) is 19.1 Å². The number of carboxylic acid groups (broad SMARTS) is 1. The maximum absolute atomic E-state index is 12.7. The van der Waals surface area contributed by atoms with Crippen molar-refractivity contribution < 1.29 is 24.2 Å². The Morgan fingerprint density at radius 2 is 2.00 bits per heavy atom. The zero-order chi connectivity index (χ0) is 17.2. The van der Waals surface area contributed by atoms with Crippen molar-refractivity contribution in [2.75, 3.05) is 19.7 Å². The molecule has 0 aromatic rings. The van der Waals surface area contributed by atoms with Gasteiger partial charge in [0.1, 0.15) is 0 Å². The lowest BCUT2D eigenvalue weighted by Crippen LogP contribution is -2.45. The first-order chi connectivity index (χ1) is 11.0. The van der Waals surface area contributed by atoms with E-state index in [1.807, 2.05) is 0 Å². The van der Waals surface area contributed by atoms with E-state index in [1.54, 1.807) is 11.8 Å². The molecule has 0 saturated carbocycles. The van der Waals surface area contributed by atoms with Crippen molar-refractivity contribution in [3.05, 3.63) is 0 Å². The molecule has 1 fully saturated rings. The normalized spacial score (nSPS) is 19.2. The number of hydrogen-bond donors (Lipinski definition) is 1. The maximum Gasteiger partial charge on any atom is 0.310 e. The fraction of sp³-hybridized carbons (Fsp3) is 0.824. The van der Waals surface area contributed by atoms with Crippen LogP contribution in [0.5, 0.6) is 0 Å². The van der Waals surface area contributed by atoms with Crippen LogP contribution in [0.2, 0.25) is 0 Å². The average Bonchev–Trinajstić information content (AvgIpc) is 2.53. The van der Waals surface area contributed by atoms with Crippen LogP contribution in [0.4, 0.5) is 0 Å². The van der Waals surface area contributed by atoms with Gasteiger partial charge in [-0.3, -0.25) is 14.4 Å². The number of piperidine rings is 1. The van der Waals surface area contributed by atoms with E-state index in [2.05, 4.69) is 6.92 Å². The van der Waals surface area contributed by atoms with Gasteiger partial charge in [-0.05, 0) is 26.2 Å². The Balaban J connectivity index is 2.65. The third-order valence-electron chi connectivity index (χ3n) is 4.28. The van der Waals surface area contributed by atoms with Crippen LogP contribution in [-0.4, -0.2) is 47.5 Å². The van der Waals surface area contributed by atoms with E-state index in [1.165, 1.54) is 0 Å². The molecular weight excluding hydrogens is 298 g/mol. The number of nitrogens with zero attached hydrogens (tertiary/aromatic N) is 1. The van der Waals surface area contributed by atoms with Gasteiger partial charge in [0.15, 0.2) is 0 Å². The number of unbranched alkanes of at least 4 members (excludes halogenated alkanes) is 2. The van der Waals surface area contributed by atoms with E-state index >= 15 is 0 Å². The number of aliphatic carboxylic acids is 1. The molecule has 6 nitrogen and oxygen atoms in total. The molecule has 0 bridgehead atoms. The van der Waals surface area contributed by atoms with Gasteiger partial charge in [0.05, 0.1) is 18.9 Å². The third kappa shape index (κ3) is 6.59. The summed E-state index contributed by atoms with van der Waals surface area (Å²) in [5.41, 5.74) is 0. The second-order valence-electron chi connectivity index (χ2n) is 6.17. The molecule has 132 valence electrons. The summed E-state index contributed by atoms with van der Waals surface area (Å²) in [4.78, 5) is 37.2. The Kier molecular flexibility index (Phi) is 8.66. The topological polar surface area (TPSA) is 83.9 Å². The summed E-state index contributed by atoms with van der Waals surface area (Å²) in [6.07, 6.45) is 4.82. The molecule has 1 N–H and O–H groups in total. The molecule has 1 aliphatic rings. The van der Waals surface area contributed by atoms with Crippen LogP contribution >= 0.6 is 0 Å². The summed E-state index contributed by atoms with van der Waals surface area (Å²) in [6.45, 7) is 5.12. The maximum atomic E-state index is 12.7. The van der Waals surface area contributed by atoms with Crippen LogP contribution in [0, 0.1) is 11.8 Å². The molecule has 1 unspecified atom stereocenters. The van der Waals surface area contributed by atoms with Gasteiger partial charge in [-0.1, -0.05) is 26.2 Å². The first kappa shape index (κ1) is 19.5. The van der Waals surface area contributed by atoms with Crippen LogP contribution in [0.15, 0.2) is 0 Å². The summed E-state index contributed by atoms with van der Waals surface area (Å²) < 4.78 is 5.04. The van der Waals surface area contributed by atoms with Crippen molar-refractivity contribution in [3.8, 4) is 0 Å². The van der Waals surface area contributed by atoms with E-state index in [0.29, 0.717) is 26.1 Å². The van der Waals surface area contributed by atoms with Crippen LogP contribution in [0.3, 0.4) is 0 Å². The average molecular weight is 327 g/mol. The van der Waals surface area contributed by atoms with Gasteiger partial charge in [0.2, 0.25) is 5.91 Å². The van der Waals surface area contributed by atoms with Gasteiger partial charge in [-0.15, -0.1) is 0 Å². The smallest absolute Gasteiger partial charge is 0.310 e. The molecule has 1 aliphatic heterocycles. The molecule has 23 heavy (non-hydrogen) atoms. The summed E-state index contributed by atoms with van der Waals surface area (Å²) in [6, 6.07) is 0. The number of rotatable bonds is 9. The minimum Gasteiger partial charge on any atom is -0.481 e. The van der Waals surface area contributed by atoms with E-state index in [9.17, 15) is 14.4 Å². The van der Waals surface area contributed by atoms with Gasteiger partial charge in [0, 0.05) is 19.0 Å². The Morgan fingerprint density at radius 3 is 2.61 bits per heavy atom. The predicted octanol–water partition coefficient (Wildman–Crippen LogP) is 2.46. The molecule has 0 aromatic heterocycles. The van der Waals surface area contributed by atoms with Crippen molar-refractivity contribution in [1.82, 2.24) is 4.90 Å². The van der Waals surface area contributed by atoms with Crippen molar-refractivity contribution in [2.24, 2.45) is 11.8 Å². The number of esters is 1. The van der Waals surface area contributed by atoms with E-state index < -0.39 is 11.9 Å². The minimum atomic E-state index is -0.946. The highest BCUT2D eigenvalue weighted by molar-refractivity contribution is 5.84. The molecule has 0 radical (unpaired) electrons. The van der Waals surface area contributed by atoms with Crippen molar-refractivity contribution in [2.45, 2.75) is 58.8 Å². The second kappa shape index (κ2) is 10.2. The number of amides is 1. The zero-order valence-corrected chi connectivity index (χ0v) is 14.3. The van der Waals surface area contributed by atoms with Gasteiger partial charge in [-0.25, -0.2) is 0 Å². The monoisotopic (exact) mass is 327 g/mol. The van der Waals surface area contributed by atoms with E-state index in [-0.39, 0.29) is 24.2 Å². The third-order valence-corrected chi connectivity index (χ3v) is 4.28. The Morgan fingerprint density at radius 1 is 1.26 bits per heavy atom. The van der Waals surface area contributed by atoms with E-state index in [4.69, 9.17) is 9.84 Å². The van der Waals surface area contributed by atoms with Gasteiger partial charge in [0.25, 0.3) is 0 Å². The number of carbonyl (C=O) groups is 3. The number of carbonyl (C=O) groups excluding carboxylic acids is 2. The summed E-state index contributed by atoms with van der Waals surface area (Å²) in [5.74, 6) is -2.10. The molecule has 1 amide bonds. The first-order valence-corrected chi connectivity index (χ1v) is 8.66. The molecular formula is C17H29NO5. The standard InChI is InChI=1S/C17H29NO5/c1-3-5-6-8-13(11-15(19)20)16(21)18-10-7-9-14(12-18)17(22)23-4-2/h13-14H,3-12H2,1-2H3,(H,19,20)/t13-,14?/m0/s1. The van der Waals surface area contributed by atoms with Gasteiger partial charge < -0.3 is 14.7 Å². The zero-order valence-electron chi connectivity index (χ0n) is 14.3. The van der Waals surface area contributed by atoms with Crippen LogP contribution in [0.1, 0.15) is 58.8 Å². The van der Waals surface area contributed by atoms with Crippen molar-refractivity contribution in [3.63, 3.8) is 0 Å².